The molecule has 1 rings (SSSR count). The fourth-order valence-corrected chi connectivity index (χ4v) is 2.80. The quantitative estimate of drug-likeness (QED) is 0.278. The predicted octanol–water partition coefficient (Wildman–Crippen LogP) is 3.23. The van der Waals surface area contributed by atoms with Crippen LogP contribution in [-0.2, 0) is 23.8 Å². The van der Waals surface area contributed by atoms with Crippen LogP contribution in [0.4, 0.5) is 9.59 Å². The Hall–Kier alpha value is -3.34. The minimum atomic E-state index is -1.36. The van der Waals surface area contributed by atoms with Gasteiger partial charge in [-0.15, -0.1) is 0 Å². The lowest BCUT2D eigenvalue weighted by Crippen LogP contribution is -2.38. The number of nitrogens with two attached hydrogens (primary N) is 1. The van der Waals surface area contributed by atoms with Crippen LogP contribution in [0.15, 0.2) is 18.2 Å². The largest absolute Gasteiger partial charge is 0.513 e. The highest BCUT2D eigenvalue weighted by molar-refractivity contribution is 5.75. The van der Waals surface area contributed by atoms with E-state index in [0.717, 1.165) is 0 Å². The summed E-state index contributed by atoms with van der Waals surface area (Å²) in [6.45, 7) is 8.25. The number of benzene rings is 1. The minimum Gasteiger partial charge on any atom is -0.480 e. The SMILES string of the molecule is CCOC(=O)Oc1ccc(C(CC(C)OC(=O)C(C)C)[C@H](N)C(=O)O)cc1OC(=O)OCC. The molecule has 0 aliphatic rings. The van der Waals surface area contributed by atoms with Crippen molar-refractivity contribution in [2.75, 3.05) is 13.2 Å². The summed E-state index contributed by atoms with van der Waals surface area (Å²) in [5, 5.41) is 9.49. The first-order valence-electron chi connectivity index (χ1n) is 10.5. The zero-order chi connectivity index (χ0) is 25.1. The first-order valence-corrected chi connectivity index (χ1v) is 10.5. The number of esters is 1. The molecule has 0 fully saturated rings. The van der Waals surface area contributed by atoms with Crippen molar-refractivity contribution in [1.82, 2.24) is 0 Å². The maximum atomic E-state index is 11.9. The lowest BCUT2D eigenvalue weighted by Gasteiger charge is -2.25. The molecule has 0 radical (unpaired) electrons. The number of carbonyl (C=O) groups excluding carboxylic acids is 3. The summed E-state index contributed by atoms with van der Waals surface area (Å²) in [5.41, 5.74) is 6.27. The Morgan fingerprint density at radius 2 is 1.48 bits per heavy atom. The molecule has 0 aliphatic heterocycles. The summed E-state index contributed by atoms with van der Waals surface area (Å²) in [6.07, 6.45) is -2.66. The van der Waals surface area contributed by atoms with Crippen LogP contribution in [0.1, 0.15) is 52.5 Å². The maximum absolute atomic E-state index is 11.9. The van der Waals surface area contributed by atoms with Gasteiger partial charge in [-0.05, 0) is 44.9 Å². The molecule has 0 amide bonds. The van der Waals surface area contributed by atoms with Crippen molar-refractivity contribution in [3.05, 3.63) is 23.8 Å². The van der Waals surface area contributed by atoms with Gasteiger partial charge in [-0.1, -0.05) is 19.9 Å². The summed E-state index contributed by atoms with van der Waals surface area (Å²) >= 11 is 0. The molecule has 1 aromatic carbocycles. The van der Waals surface area contributed by atoms with Gasteiger partial charge < -0.3 is 34.5 Å². The molecule has 33 heavy (non-hydrogen) atoms. The Morgan fingerprint density at radius 3 is 1.97 bits per heavy atom. The van der Waals surface area contributed by atoms with E-state index in [-0.39, 0.29) is 37.1 Å². The Bertz CT molecular complexity index is 838. The normalized spacial score (nSPS) is 13.4. The number of hydrogen-bond donors (Lipinski definition) is 2. The van der Waals surface area contributed by atoms with E-state index in [4.69, 9.17) is 29.4 Å². The molecule has 0 heterocycles. The van der Waals surface area contributed by atoms with E-state index in [9.17, 15) is 24.3 Å². The highest BCUT2D eigenvalue weighted by Crippen LogP contribution is 2.35. The van der Waals surface area contributed by atoms with Crippen LogP contribution in [0.2, 0.25) is 0 Å². The maximum Gasteiger partial charge on any atom is 0.513 e. The number of carbonyl (C=O) groups is 4. The number of aliphatic carboxylic acids is 1. The van der Waals surface area contributed by atoms with Crippen molar-refractivity contribution in [2.24, 2.45) is 11.7 Å². The van der Waals surface area contributed by atoms with Crippen LogP contribution in [0.25, 0.3) is 0 Å². The molecule has 184 valence electrons. The highest BCUT2D eigenvalue weighted by Gasteiger charge is 2.30. The third-order valence-corrected chi connectivity index (χ3v) is 4.40. The molecule has 1 aromatic rings. The summed E-state index contributed by atoms with van der Waals surface area (Å²) in [7, 11) is 0. The molecular formula is C22H31NO10. The Morgan fingerprint density at radius 1 is 0.939 bits per heavy atom. The zero-order valence-electron chi connectivity index (χ0n) is 19.4. The molecule has 3 atom stereocenters. The third kappa shape index (κ3) is 8.97. The van der Waals surface area contributed by atoms with Crippen molar-refractivity contribution < 1.29 is 48.0 Å². The molecule has 11 heteroatoms. The number of carboxylic acid groups (broad SMARTS) is 1. The van der Waals surface area contributed by atoms with Crippen LogP contribution in [-0.4, -0.2) is 54.7 Å². The van der Waals surface area contributed by atoms with E-state index in [1.165, 1.54) is 18.2 Å². The minimum absolute atomic E-state index is 0.0395. The van der Waals surface area contributed by atoms with Gasteiger partial charge in [0, 0.05) is 5.92 Å². The molecule has 0 spiro atoms. The summed E-state index contributed by atoms with van der Waals surface area (Å²) in [6, 6.07) is 2.73. The Labute approximate surface area is 192 Å². The molecular weight excluding hydrogens is 438 g/mol. The van der Waals surface area contributed by atoms with E-state index in [0.29, 0.717) is 5.56 Å². The average Bonchev–Trinajstić information content (AvgIpc) is 2.73. The van der Waals surface area contributed by atoms with Crippen molar-refractivity contribution in [3.8, 4) is 11.5 Å². The number of hydrogen-bond acceptors (Lipinski definition) is 10. The second kappa shape index (κ2) is 13.3. The zero-order valence-corrected chi connectivity index (χ0v) is 19.4. The Balaban J connectivity index is 3.32. The standard InChI is InChI=1S/C22H31NO10/c1-6-29-21(27)32-16-9-8-14(11-17(16)33-22(28)30-7-2)15(18(23)19(24)25)10-13(5)31-20(26)12(3)4/h8-9,11-13,15,18H,6-7,10,23H2,1-5H3,(H,24,25)/t13?,15?,18-/m0/s1. The third-order valence-electron chi connectivity index (χ3n) is 4.40. The van der Waals surface area contributed by atoms with Crippen molar-refractivity contribution in [2.45, 2.75) is 59.1 Å². The molecule has 0 saturated carbocycles. The smallest absolute Gasteiger partial charge is 0.480 e. The number of ether oxygens (including phenoxy) is 5. The lowest BCUT2D eigenvalue weighted by atomic mass is 9.87. The highest BCUT2D eigenvalue weighted by atomic mass is 16.7. The van der Waals surface area contributed by atoms with Gasteiger partial charge in [0.2, 0.25) is 0 Å². The first kappa shape index (κ1) is 27.7. The van der Waals surface area contributed by atoms with E-state index in [1.54, 1.807) is 34.6 Å². The molecule has 3 N–H and O–H groups in total. The second-order valence-corrected chi connectivity index (χ2v) is 7.38. The lowest BCUT2D eigenvalue weighted by molar-refractivity contribution is -0.152. The van der Waals surface area contributed by atoms with Gasteiger partial charge in [0.1, 0.15) is 6.04 Å². The van der Waals surface area contributed by atoms with E-state index in [1.807, 2.05) is 0 Å². The second-order valence-electron chi connectivity index (χ2n) is 7.38. The van der Waals surface area contributed by atoms with E-state index < -0.39 is 42.3 Å². The van der Waals surface area contributed by atoms with Gasteiger partial charge in [-0.3, -0.25) is 9.59 Å². The topological polar surface area (TPSA) is 161 Å². The predicted molar refractivity (Wildman–Crippen MR) is 115 cm³/mol. The summed E-state index contributed by atoms with van der Waals surface area (Å²) < 4.78 is 25.0. The van der Waals surface area contributed by atoms with Crippen LogP contribution in [0.5, 0.6) is 11.5 Å². The molecule has 11 nitrogen and oxygen atoms in total. The molecule has 0 bridgehead atoms. The Kier molecular flexibility index (Phi) is 11.1. The molecule has 0 saturated heterocycles. The van der Waals surface area contributed by atoms with Crippen molar-refractivity contribution in [3.63, 3.8) is 0 Å². The van der Waals surface area contributed by atoms with Crippen LogP contribution in [0.3, 0.4) is 0 Å². The van der Waals surface area contributed by atoms with Gasteiger partial charge in [0.05, 0.1) is 25.2 Å². The van der Waals surface area contributed by atoms with Crippen molar-refractivity contribution >= 4 is 24.2 Å². The van der Waals surface area contributed by atoms with Crippen LogP contribution >= 0.6 is 0 Å². The van der Waals surface area contributed by atoms with Gasteiger partial charge in [-0.2, -0.15) is 0 Å². The summed E-state index contributed by atoms with van der Waals surface area (Å²) in [4.78, 5) is 47.1. The van der Waals surface area contributed by atoms with E-state index >= 15 is 0 Å². The fraction of sp³-hybridized carbons (Fsp3) is 0.545. The first-order chi connectivity index (χ1) is 15.5. The fourth-order valence-electron chi connectivity index (χ4n) is 2.80. The van der Waals surface area contributed by atoms with E-state index in [2.05, 4.69) is 0 Å². The van der Waals surface area contributed by atoms with Gasteiger partial charge in [-0.25, -0.2) is 9.59 Å². The monoisotopic (exact) mass is 469 g/mol. The van der Waals surface area contributed by atoms with Gasteiger partial charge >= 0.3 is 24.2 Å². The van der Waals surface area contributed by atoms with Crippen molar-refractivity contribution in [1.29, 1.82) is 0 Å². The average molecular weight is 469 g/mol. The molecule has 0 aromatic heterocycles. The molecule has 2 unspecified atom stereocenters. The van der Waals surface area contributed by atoms with Gasteiger partial charge in [0.15, 0.2) is 11.5 Å². The number of carboxylic acids is 1. The summed E-state index contributed by atoms with van der Waals surface area (Å²) in [5.74, 6) is -3.25. The van der Waals surface area contributed by atoms with Crippen LogP contribution < -0.4 is 15.2 Å². The molecule has 0 aliphatic carbocycles. The van der Waals surface area contributed by atoms with Gasteiger partial charge in [0.25, 0.3) is 0 Å². The number of rotatable bonds is 11. The van der Waals surface area contributed by atoms with Crippen LogP contribution in [0, 0.1) is 5.92 Å².